The first-order valence-electron chi connectivity index (χ1n) is 7.32. The van der Waals surface area contributed by atoms with Crippen LogP contribution < -0.4 is 14.2 Å². The molecule has 7 heteroatoms. The van der Waals surface area contributed by atoms with E-state index in [0.717, 1.165) is 0 Å². The normalized spacial score (nSPS) is 34.0. The molecule has 1 aromatic carbocycles. The number of rotatable bonds is 2. The lowest BCUT2D eigenvalue weighted by atomic mass is 9.73. The Morgan fingerprint density at radius 2 is 1.96 bits per heavy atom. The van der Waals surface area contributed by atoms with E-state index >= 15 is 0 Å². The quantitative estimate of drug-likeness (QED) is 0.768. The maximum absolute atomic E-state index is 13.2. The molecular weight excluding hydrogens is 324 g/mol. The fourth-order valence-electron chi connectivity index (χ4n) is 3.66. The van der Waals surface area contributed by atoms with Gasteiger partial charge in [-0.1, -0.05) is 18.5 Å². The Labute approximate surface area is 137 Å². The molecule has 0 aromatic heterocycles. The Balaban J connectivity index is 1.88. The first-order valence-corrected chi connectivity index (χ1v) is 7.70. The van der Waals surface area contributed by atoms with Crippen LogP contribution in [0.4, 0.5) is 0 Å². The van der Waals surface area contributed by atoms with E-state index in [4.69, 9.17) is 30.5 Å². The molecule has 0 N–H and O–H groups in total. The summed E-state index contributed by atoms with van der Waals surface area (Å²) in [6.07, 6.45) is -0.889. The molecule has 1 saturated heterocycles. The monoisotopic (exact) mass is 338 g/mol. The zero-order valence-electron chi connectivity index (χ0n) is 12.8. The Kier molecular flexibility index (Phi) is 2.96. The lowest BCUT2D eigenvalue weighted by Crippen LogP contribution is -2.56. The number of hydrogen-bond donors (Lipinski definition) is 0. The van der Waals surface area contributed by atoms with Crippen molar-refractivity contribution in [2.45, 2.75) is 31.2 Å². The second-order valence-electron chi connectivity index (χ2n) is 6.07. The number of carbonyl (C=O) groups excluding carboxylic acids is 2. The van der Waals surface area contributed by atoms with E-state index in [9.17, 15) is 9.59 Å². The molecular formula is C16H15ClO6. The SMILES string of the molecule is COc1cc(OC)c2c(c1Cl)O[C@]1(C2=O)C2OC2C(=O)C[C@H]1C. The first-order chi connectivity index (χ1) is 11.0. The van der Waals surface area contributed by atoms with Crippen molar-refractivity contribution in [3.05, 3.63) is 16.7 Å². The van der Waals surface area contributed by atoms with Crippen molar-refractivity contribution >= 4 is 23.2 Å². The van der Waals surface area contributed by atoms with Crippen molar-refractivity contribution in [2.24, 2.45) is 5.92 Å². The average molecular weight is 339 g/mol. The van der Waals surface area contributed by atoms with Crippen LogP contribution in [0.2, 0.25) is 5.02 Å². The molecule has 122 valence electrons. The van der Waals surface area contributed by atoms with E-state index in [1.807, 2.05) is 6.92 Å². The smallest absolute Gasteiger partial charge is 0.217 e. The molecule has 0 amide bonds. The summed E-state index contributed by atoms with van der Waals surface area (Å²) >= 11 is 6.32. The highest BCUT2D eigenvalue weighted by Gasteiger charge is 2.72. The Bertz CT molecular complexity index is 741. The van der Waals surface area contributed by atoms with Gasteiger partial charge in [0.1, 0.15) is 34.3 Å². The molecule has 23 heavy (non-hydrogen) atoms. The van der Waals surface area contributed by atoms with Gasteiger partial charge in [-0.15, -0.1) is 0 Å². The summed E-state index contributed by atoms with van der Waals surface area (Å²) in [5.41, 5.74) is -0.932. The van der Waals surface area contributed by atoms with Gasteiger partial charge in [-0.2, -0.15) is 0 Å². The van der Waals surface area contributed by atoms with Gasteiger partial charge in [0.15, 0.2) is 11.5 Å². The van der Waals surface area contributed by atoms with Crippen molar-refractivity contribution in [3.63, 3.8) is 0 Å². The molecule has 4 rings (SSSR count). The van der Waals surface area contributed by atoms with Crippen LogP contribution >= 0.6 is 11.6 Å². The van der Waals surface area contributed by atoms with E-state index in [2.05, 4.69) is 0 Å². The lowest BCUT2D eigenvalue weighted by Gasteiger charge is -2.34. The third-order valence-corrected chi connectivity index (χ3v) is 5.27. The molecule has 1 aromatic rings. The summed E-state index contributed by atoms with van der Waals surface area (Å²) in [5.74, 6) is 0.385. The number of epoxide rings is 1. The summed E-state index contributed by atoms with van der Waals surface area (Å²) in [4.78, 5) is 25.1. The Morgan fingerprint density at radius 3 is 2.61 bits per heavy atom. The van der Waals surface area contributed by atoms with Gasteiger partial charge >= 0.3 is 0 Å². The number of Topliss-reactive ketones (excluding diaryl/α,β-unsaturated/α-hetero) is 2. The van der Waals surface area contributed by atoms with Crippen LogP contribution in [0.15, 0.2) is 6.07 Å². The summed E-state index contributed by atoms with van der Waals surface area (Å²) in [6, 6.07) is 1.56. The molecule has 6 nitrogen and oxygen atoms in total. The summed E-state index contributed by atoms with van der Waals surface area (Å²) in [5, 5.41) is 0.217. The van der Waals surface area contributed by atoms with Crippen molar-refractivity contribution in [1.29, 1.82) is 0 Å². The summed E-state index contributed by atoms with van der Waals surface area (Å²) < 4.78 is 22.1. The highest BCUT2D eigenvalue weighted by atomic mass is 35.5. The van der Waals surface area contributed by atoms with Gasteiger partial charge in [0, 0.05) is 18.4 Å². The maximum atomic E-state index is 13.2. The molecule has 2 fully saturated rings. The number of fused-ring (bicyclic) bond motifs is 3. The number of hydrogen-bond acceptors (Lipinski definition) is 6. The van der Waals surface area contributed by atoms with E-state index in [1.165, 1.54) is 14.2 Å². The molecule has 0 bridgehead atoms. The molecule has 1 aliphatic carbocycles. The number of methoxy groups -OCH3 is 2. The van der Waals surface area contributed by atoms with E-state index in [1.54, 1.807) is 6.07 Å². The van der Waals surface area contributed by atoms with Gasteiger partial charge < -0.3 is 18.9 Å². The van der Waals surface area contributed by atoms with Crippen molar-refractivity contribution < 1.29 is 28.5 Å². The fourth-order valence-corrected chi connectivity index (χ4v) is 3.93. The van der Waals surface area contributed by atoms with E-state index < -0.39 is 17.8 Å². The van der Waals surface area contributed by atoms with Crippen molar-refractivity contribution in [2.75, 3.05) is 14.2 Å². The van der Waals surface area contributed by atoms with Crippen LogP contribution in [0.1, 0.15) is 23.7 Å². The third kappa shape index (κ3) is 1.68. The van der Waals surface area contributed by atoms with Gasteiger partial charge in [-0.3, -0.25) is 9.59 Å². The fraction of sp³-hybridized carbons (Fsp3) is 0.500. The highest BCUT2D eigenvalue weighted by molar-refractivity contribution is 6.35. The lowest BCUT2D eigenvalue weighted by molar-refractivity contribution is -0.123. The van der Waals surface area contributed by atoms with Crippen molar-refractivity contribution in [1.82, 2.24) is 0 Å². The van der Waals surface area contributed by atoms with E-state index in [0.29, 0.717) is 11.5 Å². The van der Waals surface area contributed by atoms with Gasteiger partial charge in [0.2, 0.25) is 11.4 Å². The van der Waals surface area contributed by atoms with Crippen LogP contribution in [0.25, 0.3) is 0 Å². The van der Waals surface area contributed by atoms with Gasteiger partial charge in [-0.25, -0.2) is 0 Å². The van der Waals surface area contributed by atoms with Gasteiger partial charge in [0.05, 0.1) is 14.2 Å². The Morgan fingerprint density at radius 1 is 1.26 bits per heavy atom. The number of carbonyl (C=O) groups is 2. The highest BCUT2D eigenvalue weighted by Crippen LogP contribution is 2.57. The molecule has 2 unspecified atom stereocenters. The molecule has 2 heterocycles. The van der Waals surface area contributed by atoms with Crippen LogP contribution in [0.3, 0.4) is 0 Å². The summed E-state index contributed by atoms with van der Waals surface area (Å²) in [6.45, 7) is 1.82. The third-order valence-electron chi connectivity index (χ3n) is 4.92. The molecule has 4 atom stereocenters. The van der Waals surface area contributed by atoms with Gasteiger partial charge in [0.25, 0.3) is 0 Å². The minimum Gasteiger partial charge on any atom is -0.496 e. The van der Waals surface area contributed by atoms with Crippen molar-refractivity contribution in [3.8, 4) is 17.2 Å². The van der Waals surface area contributed by atoms with Gasteiger partial charge in [-0.05, 0) is 0 Å². The number of benzene rings is 1. The summed E-state index contributed by atoms with van der Waals surface area (Å²) in [7, 11) is 2.94. The molecule has 0 radical (unpaired) electrons. The van der Waals surface area contributed by atoms with Crippen LogP contribution in [-0.4, -0.2) is 43.6 Å². The number of halogens is 1. The standard InChI is InChI=1S/C16H15ClO6/c1-6-4-7(18)12-15(22-12)16(6)14(19)10-8(20-2)5-9(21-3)11(17)13(10)23-16/h5-6,12,15H,4H2,1-3H3/t6-,12?,15?,16-/m1/s1. The second kappa shape index (κ2) is 4.61. The first kappa shape index (κ1) is 14.8. The predicted octanol–water partition coefficient (Wildman–Crippen LogP) is 2.05. The predicted molar refractivity (Wildman–Crippen MR) is 79.7 cm³/mol. The Hall–Kier alpha value is -1.79. The maximum Gasteiger partial charge on any atom is 0.217 e. The number of ether oxygens (including phenoxy) is 4. The molecule has 1 spiro atoms. The largest absolute Gasteiger partial charge is 0.496 e. The molecule has 2 aliphatic heterocycles. The van der Waals surface area contributed by atoms with Crippen LogP contribution in [0.5, 0.6) is 17.2 Å². The minimum absolute atomic E-state index is 0.0103. The average Bonchev–Trinajstić information content (AvgIpc) is 3.28. The zero-order valence-corrected chi connectivity index (χ0v) is 13.6. The second-order valence-corrected chi connectivity index (χ2v) is 6.45. The van der Waals surface area contributed by atoms with Crippen LogP contribution in [-0.2, 0) is 9.53 Å². The minimum atomic E-state index is -1.22. The topological polar surface area (TPSA) is 74.4 Å². The van der Waals surface area contributed by atoms with E-state index in [-0.39, 0.29) is 40.2 Å². The zero-order chi connectivity index (χ0) is 16.5. The molecule has 1 saturated carbocycles. The van der Waals surface area contributed by atoms with Crippen LogP contribution in [0, 0.1) is 5.92 Å². The number of ketones is 2. The molecule has 3 aliphatic rings.